The molecule has 5 nitrogen and oxygen atoms in total. The fourth-order valence-electron chi connectivity index (χ4n) is 4.36. The van der Waals surface area contributed by atoms with E-state index in [1.54, 1.807) is 7.11 Å². The van der Waals surface area contributed by atoms with E-state index in [0.29, 0.717) is 25.9 Å². The van der Waals surface area contributed by atoms with Crippen LogP contribution in [0.25, 0.3) is 0 Å². The molecule has 1 spiro atoms. The van der Waals surface area contributed by atoms with E-state index in [4.69, 9.17) is 4.84 Å². The largest absolute Gasteiger partial charge is 0.343 e. The van der Waals surface area contributed by atoms with Crippen molar-refractivity contribution in [1.82, 2.24) is 10.4 Å². The lowest BCUT2D eigenvalue weighted by Crippen LogP contribution is -2.54. The van der Waals surface area contributed by atoms with Crippen LogP contribution < -0.4 is 5.32 Å². The summed E-state index contributed by atoms with van der Waals surface area (Å²) in [6, 6.07) is 4.24. The summed E-state index contributed by atoms with van der Waals surface area (Å²) in [7, 11) is 1.64. The highest BCUT2D eigenvalue weighted by Gasteiger charge is 2.54. The Balaban J connectivity index is 1.99. The van der Waals surface area contributed by atoms with E-state index < -0.39 is 11.5 Å². The minimum Gasteiger partial charge on any atom is -0.343 e. The number of benzene rings is 1. The van der Waals surface area contributed by atoms with Gasteiger partial charge in [-0.2, -0.15) is 5.06 Å². The van der Waals surface area contributed by atoms with Gasteiger partial charge in [0.15, 0.2) is 5.78 Å². The fourth-order valence-corrected chi connectivity index (χ4v) is 4.36. The van der Waals surface area contributed by atoms with Crippen LogP contribution in [0.1, 0.15) is 54.9 Å². The summed E-state index contributed by atoms with van der Waals surface area (Å²) in [6.45, 7) is 7.55. The number of Topliss-reactive ketones (excluding diaryl/α,β-unsaturated/α-hetero) is 1. The normalized spacial score (nSPS) is 23.3. The highest BCUT2D eigenvalue weighted by molar-refractivity contribution is 6.17. The van der Waals surface area contributed by atoms with Gasteiger partial charge in [-0.25, -0.2) is 0 Å². The van der Waals surface area contributed by atoms with Crippen LogP contribution >= 0.6 is 0 Å². The van der Waals surface area contributed by atoms with Crippen molar-refractivity contribution >= 4 is 11.7 Å². The molecule has 0 aromatic heterocycles. The molecule has 2 heterocycles. The molecule has 1 aromatic rings. The predicted octanol–water partition coefficient (Wildman–Crippen LogP) is 2.30. The van der Waals surface area contributed by atoms with Gasteiger partial charge in [0.05, 0.1) is 7.11 Å². The number of hydrogen-bond donors (Lipinski definition) is 1. The lowest BCUT2D eigenvalue weighted by molar-refractivity contribution is -0.157. The molecule has 136 valence electrons. The number of nitrogens with zero attached hydrogens (tertiary/aromatic N) is 1. The molecule has 2 aliphatic heterocycles. The average Bonchev–Trinajstić information content (AvgIpc) is 2.85. The first-order chi connectivity index (χ1) is 12.0. The minimum atomic E-state index is -0.725. The fraction of sp³-hybridized carbons (Fsp3) is 0.600. The average molecular weight is 344 g/mol. The van der Waals surface area contributed by atoms with E-state index in [2.05, 4.69) is 38.2 Å². The Bertz CT molecular complexity index is 665. The number of amides is 1. The van der Waals surface area contributed by atoms with Gasteiger partial charge in [-0.3, -0.25) is 9.59 Å². The van der Waals surface area contributed by atoms with Crippen molar-refractivity contribution in [1.29, 1.82) is 0 Å². The number of carbonyl (C=O) groups excluding carboxylic acids is 2. The number of ketones is 1. The maximum absolute atomic E-state index is 13.4. The van der Waals surface area contributed by atoms with Crippen LogP contribution in [0, 0.1) is 6.92 Å². The number of aryl methyl sites for hydroxylation is 3. The Morgan fingerprint density at radius 2 is 1.72 bits per heavy atom. The summed E-state index contributed by atoms with van der Waals surface area (Å²) in [5.41, 5.74) is 3.65. The molecule has 25 heavy (non-hydrogen) atoms. The summed E-state index contributed by atoms with van der Waals surface area (Å²) in [4.78, 5) is 31.5. The number of hydroxylamine groups is 2. The number of rotatable bonds is 4. The highest BCUT2D eigenvalue weighted by Crippen LogP contribution is 2.39. The van der Waals surface area contributed by atoms with E-state index in [9.17, 15) is 9.59 Å². The van der Waals surface area contributed by atoms with Crippen molar-refractivity contribution < 1.29 is 14.4 Å². The van der Waals surface area contributed by atoms with Crippen molar-refractivity contribution in [2.75, 3.05) is 20.2 Å². The van der Waals surface area contributed by atoms with Crippen molar-refractivity contribution in [3.63, 3.8) is 0 Å². The molecular weight excluding hydrogens is 316 g/mol. The van der Waals surface area contributed by atoms with Crippen LogP contribution in [0.2, 0.25) is 0 Å². The van der Waals surface area contributed by atoms with Crippen molar-refractivity contribution in [2.45, 2.75) is 57.9 Å². The summed E-state index contributed by atoms with van der Waals surface area (Å²) in [6.07, 6.45) is 2.87. The first kappa shape index (κ1) is 18.1. The first-order valence-corrected chi connectivity index (χ1v) is 9.23. The molecule has 0 radical (unpaired) electrons. The molecule has 2 fully saturated rings. The highest BCUT2D eigenvalue weighted by atomic mass is 16.7. The Morgan fingerprint density at radius 1 is 1.16 bits per heavy atom. The van der Waals surface area contributed by atoms with E-state index in [0.717, 1.165) is 29.5 Å². The molecule has 1 amide bonds. The van der Waals surface area contributed by atoms with E-state index in [1.165, 1.54) is 5.56 Å². The molecule has 2 aliphatic rings. The van der Waals surface area contributed by atoms with Gasteiger partial charge in [0.2, 0.25) is 5.91 Å². The minimum absolute atomic E-state index is 0.0431. The van der Waals surface area contributed by atoms with E-state index in [1.807, 2.05) is 5.06 Å². The Labute approximate surface area is 149 Å². The van der Waals surface area contributed by atoms with Crippen LogP contribution in [0.3, 0.4) is 0 Å². The molecule has 5 heteroatoms. The topological polar surface area (TPSA) is 58.6 Å². The second-order valence-corrected chi connectivity index (χ2v) is 7.18. The van der Waals surface area contributed by atoms with Crippen LogP contribution in [-0.2, 0) is 27.3 Å². The van der Waals surface area contributed by atoms with E-state index in [-0.39, 0.29) is 11.7 Å². The molecule has 2 saturated heterocycles. The third kappa shape index (κ3) is 3.00. The van der Waals surface area contributed by atoms with Gasteiger partial charge < -0.3 is 10.2 Å². The van der Waals surface area contributed by atoms with Crippen LogP contribution in [0.4, 0.5) is 0 Å². The summed E-state index contributed by atoms with van der Waals surface area (Å²) in [5.74, 6) is -0.759. The Kier molecular flexibility index (Phi) is 4.98. The Hall–Kier alpha value is -1.72. The zero-order chi connectivity index (χ0) is 18.2. The number of nitrogens with one attached hydrogen (secondary N) is 1. The summed E-state index contributed by atoms with van der Waals surface area (Å²) >= 11 is 0. The molecule has 1 atom stereocenters. The summed E-state index contributed by atoms with van der Waals surface area (Å²) < 4.78 is 0. The molecule has 1 aromatic carbocycles. The molecule has 1 N–H and O–H groups in total. The van der Waals surface area contributed by atoms with E-state index >= 15 is 0 Å². The van der Waals surface area contributed by atoms with Crippen molar-refractivity contribution in [3.8, 4) is 0 Å². The van der Waals surface area contributed by atoms with Crippen LogP contribution in [0.5, 0.6) is 0 Å². The molecule has 0 aliphatic carbocycles. The molecular formula is C20H28N2O3. The second-order valence-electron chi connectivity index (χ2n) is 7.18. The molecule has 0 bridgehead atoms. The third-order valence-electron chi connectivity index (χ3n) is 5.74. The van der Waals surface area contributed by atoms with Gasteiger partial charge in [-0.05, 0) is 49.3 Å². The van der Waals surface area contributed by atoms with Crippen LogP contribution in [-0.4, -0.2) is 42.5 Å². The van der Waals surface area contributed by atoms with Crippen molar-refractivity contribution in [2.24, 2.45) is 0 Å². The SMILES string of the molecule is CCc1cc(C)cc(CC)c1C1C(=O)NC2(CCN(OC)CC2)C1=O. The van der Waals surface area contributed by atoms with Gasteiger partial charge in [0.1, 0.15) is 11.5 Å². The van der Waals surface area contributed by atoms with Gasteiger partial charge in [-0.15, -0.1) is 0 Å². The molecule has 1 unspecified atom stereocenters. The lowest BCUT2D eigenvalue weighted by atomic mass is 9.78. The van der Waals surface area contributed by atoms with Gasteiger partial charge >= 0.3 is 0 Å². The monoisotopic (exact) mass is 344 g/mol. The number of carbonyl (C=O) groups is 2. The molecule has 3 rings (SSSR count). The van der Waals surface area contributed by atoms with Gasteiger partial charge in [0.25, 0.3) is 0 Å². The lowest BCUT2D eigenvalue weighted by Gasteiger charge is -2.36. The van der Waals surface area contributed by atoms with Gasteiger partial charge in [0, 0.05) is 13.1 Å². The predicted molar refractivity (Wildman–Crippen MR) is 96.4 cm³/mol. The zero-order valence-corrected chi connectivity index (χ0v) is 15.6. The number of hydrogen-bond acceptors (Lipinski definition) is 4. The second kappa shape index (κ2) is 6.89. The quantitative estimate of drug-likeness (QED) is 0.852. The van der Waals surface area contributed by atoms with Crippen molar-refractivity contribution in [3.05, 3.63) is 34.4 Å². The molecule has 0 saturated carbocycles. The maximum atomic E-state index is 13.4. The number of piperidine rings is 1. The van der Waals surface area contributed by atoms with Crippen LogP contribution in [0.15, 0.2) is 12.1 Å². The zero-order valence-electron chi connectivity index (χ0n) is 15.6. The Morgan fingerprint density at radius 3 is 2.20 bits per heavy atom. The third-order valence-corrected chi connectivity index (χ3v) is 5.74. The standard InChI is InChI=1S/C20H28N2O3/c1-5-14-11-13(3)12-15(6-2)16(14)17-18(23)20(21-19(17)24)7-9-22(25-4)10-8-20/h11-12,17H,5-10H2,1-4H3,(H,21,24). The summed E-state index contributed by atoms with van der Waals surface area (Å²) in [5, 5.41) is 4.90. The van der Waals surface area contributed by atoms with Gasteiger partial charge in [-0.1, -0.05) is 31.5 Å². The first-order valence-electron chi connectivity index (χ1n) is 9.23. The maximum Gasteiger partial charge on any atom is 0.235 e. The smallest absolute Gasteiger partial charge is 0.235 e.